The minimum Gasteiger partial charge on any atom is -0.496 e. The van der Waals surface area contributed by atoms with E-state index in [-0.39, 0.29) is 5.56 Å². The first-order valence-corrected chi connectivity index (χ1v) is 7.08. The van der Waals surface area contributed by atoms with Gasteiger partial charge in [0.15, 0.2) is 0 Å². The molecule has 5 nitrogen and oxygen atoms in total. The zero-order valence-electron chi connectivity index (χ0n) is 13.5. The van der Waals surface area contributed by atoms with Crippen molar-refractivity contribution >= 4 is 17.6 Å². The average molecular weight is 310 g/mol. The number of aromatic carboxylic acids is 1. The summed E-state index contributed by atoms with van der Waals surface area (Å²) in [6, 6.07) is 7.66. The molecule has 0 aliphatic heterocycles. The molecule has 0 fully saturated rings. The molecule has 23 heavy (non-hydrogen) atoms. The Labute approximate surface area is 134 Å². The van der Waals surface area contributed by atoms with E-state index >= 15 is 0 Å². The SMILES string of the molecule is COc1ccc(/C(C#N)=C/c2[nH]c(C)c(C(=O)O)c2C)cc1C. The van der Waals surface area contributed by atoms with Crippen LogP contribution in [0, 0.1) is 32.1 Å². The van der Waals surface area contributed by atoms with Gasteiger partial charge in [0, 0.05) is 11.4 Å². The lowest BCUT2D eigenvalue weighted by atomic mass is 10.0. The monoisotopic (exact) mass is 310 g/mol. The van der Waals surface area contributed by atoms with E-state index in [9.17, 15) is 15.2 Å². The average Bonchev–Trinajstić information content (AvgIpc) is 2.78. The lowest BCUT2D eigenvalue weighted by Gasteiger charge is -2.06. The van der Waals surface area contributed by atoms with Gasteiger partial charge in [0.2, 0.25) is 0 Å². The highest BCUT2D eigenvalue weighted by atomic mass is 16.5. The van der Waals surface area contributed by atoms with E-state index in [2.05, 4.69) is 11.1 Å². The van der Waals surface area contributed by atoms with Gasteiger partial charge in [-0.3, -0.25) is 0 Å². The lowest BCUT2D eigenvalue weighted by Crippen LogP contribution is -1.98. The van der Waals surface area contributed by atoms with Crippen LogP contribution in [-0.2, 0) is 0 Å². The molecule has 2 aromatic rings. The van der Waals surface area contributed by atoms with Gasteiger partial charge in [-0.1, -0.05) is 0 Å². The molecule has 0 spiro atoms. The van der Waals surface area contributed by atoms with Crippen LogP contribution in [0.1, 0.15) is 38.4 Å². The summed E-state index contributed by atoms with van der Waals surface area (Å²) >= 11 is 0. The molecule has 0 bridgehead atoms. The quantitative estimate of drug-likeness (QED) is 0.843. The fourth-order valence-electron chi connectivity index (χ4n) is 2.61. The highest BCUT2D eigenvalue weighted by Gasteiger charge is 2.16. The number of ether oxygens (including phenoxy) is 1. The second-order valence-electron chi connectivity index (χ2n) is 5.32. The number of carboxylic acid groups (broad SMARTS) is 1. The summed E-state index contributed by atoms with van der Waals surface area (Å²) in [5, 5.41) is 18.7. The van der Waals surface area contributed by atoms with Gasteiger partial charge < -0.3 is 14.8 Å². The summed E-state index contributed by atoms with van der Waals surface area (Å²) < 4.78 is 5.22. The van der Waals surface area contributed by atoms with Crippen molar-refractivity contribution in [1.29, 1.82) is 5.26 Å². The molecule has 1 heterocycles. The van der Waals surface area contributed by atoms with Gasteiger partial charge in [-0.15, -0.1) is 0 Å². The highest BCUT2D eigenvalue weighted by Crippen LogP contribution is 2.26. The standard InChI is InChI=1S/C18H18N2O3/c1-10-7-13(5-6-16(10)23-4)14(9-19)8-15-11(2)17(18(21)22)12(3)20-15/h5-8,20H,1-4H3,(H,21,22)/b14-8+. The van der Waals surface area contributed by atoms with Crippen LogP contribution in [0.25, 0.3) is 11.6 Å². The molecule has 2 N–H and O–H groups in total. The van der Waals surface area contributed by atoms with E-state index in [1.807, 2.05) is 25.1 Å². The number of H-pyrrole nitrogens is 1. The van der Waals surface area contributed by atoms with Crippen LogP contribution in [0.5, 0.6) is 5.75 Å². The fraction of sp³-hybridized carbons (Fsp3) is 0.222. The summed E-state index contributed by atoms with van der Waals surface area (Å²) in [6.45, 7) is 5.34. The number of hydrogen-bond donors (Lipinski definition) is 2. The number of methoxy groups -OCH3 is 1. The van der Waals surface area contributed by atoms with Crippen molar-refractivity contribution in [1.82, 2.24) is 4.98 Å². The van der Waals surface area contributed by atoms with E-state index in [0.29, 0.717) is 22.5 Å². The summed E-state index contributed by atoms with van der Waals surface area (Å²) in [6.07, 6.45) is 1.68. The van der Waals surface area contributed by atoms with Crippen LogP contribution in [0.4, 0.5) is 0 Å². The second kappa shape index (κ2) is 6.41. The van der Waals surface area contributed by atoms with Crippen molar-refractivity contribution in [3.05, 3.63) is 51.8 Å². The highest BCUT2D eigenvalue weighted by molar-refractivity contribution is 5.95. The third-order valence-corrected chi connectivity index (χ3v) is 3.81. The molecule has 0 aliphatic rings. The number of nitrogens with zero attached hydrogens (tertiary/aromatic N) is 1. The molecular weight excluding hydrogens is 292 g/mol. The van der Waals surface area contributed by atoms with Crippen molar-refractivity contribution in [3.8, 4) is 11.8 Å². The molecule has 2 rings (SSSR count). The number of aromatic amines is 1. The zero-order chi connectivity index (χ0) is 17.1. The topological polar surface area (TPSA) is 86.1 Å². The summed E-state index contributed by atoms with van der Waals surface area (Å²) in [5.41, 5.74) is 4.21. The zero-order valence-corrected chi connectivity index (χ0v) is 13.5. The molecule has 118 valence electrons. The maximum atomic E-state index is 11.3. The van der Waals surface area contributed by atoms with E-state index < -0.39 is 5.97 Å². The first-order chi connectivity index (χ1) is 10.9. The number of hydrogen-bond acceptors (Lipinski definition) is 3. The molecular formula is C18H18N2O3. The molecule has 0 saturated heterocycles. The van der Waals surface area contributed by atoms with Gasteiger partial charge in [-0.05, 0) is 61.7 Å². The number of benzene rings is 1. The summed E-state index contributed by atoms with van der Waals surface area (Å²) in [5.74, 6) is -0.221. The Morgan fingerprint density at radius 1 is 1.35 bits per heavy atom. The predicted molar refractivity (Wildman–Crippen MR) is 88.4 cm³/mol. The molecule has 1 aromatic carbocycles. The third-order valence-electron chi connectivity index (χ3n) is 3.81. The van der Waals surface area contributed by atoms with Crippen LogP contribution < -0.4 is 4.74 Å². The second-order valence-corrected chi connectivity index (χ2v) is 5.32. The Morgan fingerprint density at radius 2 is 2.04 bits per heavy atom. The van der Waals surface area contributed by atoms with E-state index in [1.54, 1.807) is 27.0 Å². The lowest BCUT2D eigenvalue weighted by molar-refractivity contribution is 0.0695. The smallest absolute Gasteiger partial charge is 0.337 e. The number of allylic oxidation sites excluding steroid dienone is 1. The molecule has 0 saturated carbocycles. The van der Waals surface area contributed by atoms with Gasteiger partial charge in [-0.2, -0.15) is 5.26 Å². The number of nitriles is 1. The minimum atomic E-state index is -0.977. The molecule has 0 amide bonds. The molecule has 0 atom stereocenters. The van der Waals surface area contributed by atoms with Crippen LogP contribution in [0.3, 0.4) is 0 Å². The molecule has 0 aliphatic carbocycles. The van der Waals surface area contributed by atoms with Gasteiger partial charge in [0.1, 0.15) is 5.75 Å². The van der Waals surface area contributed by atoms with Crippen LogP contribution in [0.15, 0.2) is 18.2 Å². The van der Waals surface area contributed by atoms with Crippen LogP contribution in [0.2, 0.25) is 0 Å². The molecule has 0 unspecified atom stereocenters. The Morgan fingerprint density at radius 3 is 2.52 bits per heavy atom. The molecule has 5 heteroatoms. The number of nitrogens with one attached hydrogen (secondary N) is 1. The van der Waals surface area contributed by atoms with Crippen molar-refractivity contribution in [2.75, 3.05) is 7.11 Å². The number of carbonyl (C=O) groups is 1. The van der Waals surface area contributed by atoms with Gasteiger partial charge in [0.05, 0.1) is 24.3 Å². The Hall–Kier alpha value is -3.00. The Kier molecular flexibility index (Phi) is 4.56. The van der Waals surface area contributed by atoms with Crippen LogP contribution >= 0.6 is 0 Å². The van der Waals surface area contributed by atoms with Crippen molar-refractivity contribution < 1.29 is 14.6 Å². The number of aromatic nitrogens is 1. The van der Waals surface area contributed by atoms with E-state index in [1.165, 1.54) is 0 Å². The van der Waals surface area contributed by atoms with E-state index in [0.717, 1.165) is 16.9 Å². The minimum absolute atomic E-state index is 0.249. The number of rotatable bonds is 4. The fourth-order valence-corrected chi connectivity index (χ4v) is 2.61. The number of carboxylic acids is 1. The van der Waals surface area contributed by atoms with Crippen molar-refractivity contribution in [2.24, 2.45) is 0 Å². The van der Waals surface area contributed by atoms with Crippen molar-refractivity contribution in [3.63, 3.8) is 0 Å². The first-order valence-electron chi connectivity index (χ1n) is 7.08. The van der Waals surface area contributed by atoms with Crippen molar-refractivity contribution in [2.45, 2.75) is 20.8 Å². The first kappa shape index (κ1) is 16.4. The Bertz CT molecular complexity index is 839. The maximum absolute atomic E-state index is 11.3. The third kappa shape index (κ3) is 3.11. The van der Waals surface area contributed by atoms with Gasteiger partial charge in [0.25, 0.3) is 0 Å². The normalized spacial score (nSPS) is 11.2. The summed E-state index contributed by atoms with van der Waals surface area (Å²) in [4.78, 5) is 14.3. The molecule has 1 aromatic heterocycles. The van der Waals surface area contributed by atoms with E-state index in [4.69, 9.17) is 4.74 Å². The Balaban J connectivity index is 2.52. The maximum Gasteiger partial charge on any atom is 0.337 e. The van der Waals surface area contributed by atoms with Crippen LogP contribution in [-0.4, -0.2) is 23.2 Å². The van der Waals surface area contributed by atoms with Gasteiger partial charge >= 0.3 is 5.97 Å². The van der Waals surface area contributed by atoms with Gasteiger partial charge in [-0.25, -0.2) is 4.79 Å². The largest absolute Gasteiger partial charge is 0.496 e. The predicted octanol–water partition coefficient (Wildman–Crippen LogP) is 3.71. The number of aryl methyl sites for hydroxylation is 2. The summed E-state index contributed by atoms with van der Waals surface area (Å²) in [7, 11) is 1.60. The molecule has 0 radical (unpaired) electrons.